The van der Waals surface area contributed by atoms with E-state index >= 15 is 0 Å². The van der Waals surface area contributed by atoms with Crippen LogP contribution in [0, 0.1) is 11.3 Å². The van der Waals surface area contributed by atoms with Crippen LogP contribution < -0.4 is 5.32 Å². The maximum absolute atomic E-state index is 9.04. The molecule has 1 aromatic rings. The van der Waals surface area contributed by atoms with E-state index in [1.54, 1.807) is 0 Å². The molecule has 1 N–H and O–H groups in total. The Morgan fingerprint density at radius 1 is 1.33 bits per heavy atom. The van der Waals surface area contributed by atoms with Crippen molar-refractivity contribution in [3.63, 3.8) is 0 Å². The van der Waals surface area contributed by atoms with Gasteiger partial charge in [-0.1, -0.05) is 49.5 Å². The highest BCUT2D eigenvalue weighted by Gasteiger charge is 2.11. The van der Waals surface area contributed by atoms with Gasteiger partial charge in [-0.15, -0.1) is 0 Å². The zero-order chi connectivity index (χ0) is 13.4. The van der Waals surface area contributed by atoms with Crippen LogP contribution in [0.25, 0.3) is 0 Å². The van der Waals surface area contributed by atoms with Crippen molar-refractivity contribution in [3.05, 3.63) is 10.7 Å². The highest BCUT2D eigenvalue weighted by Crippen LogP contribution is 2.23. The topological polar surface area (TPSA) is 61.6 Å². The number of nitrogens with zero attached hydrogens (tertiary/aromatic N) is 3. The van der Waals surface area contributed by atoms with E-state index in [1.807, 2.05) is 12.3 Å². The van der Waals surface area contributed by atoms with Crippen molar-refractivity contribution >= 4 is 29.2 Å². The van der Waals surface area contributed by atoms with E-state index in [0.29, 0.717) is 16.5 Å². The Kier molecular flexibility index (Phi) is 6.84. The Bertz CT molecular complexity index is 431. The lowest BCUT2D eigenvalue weighted by atomic mass is 10.2. The van der Waals surface area contributed by atoms with Crippen molar-refractivity contribution in [2.24, 2.45) is 0 Å². The molecule has 0 aliphatic carbocycles. The van der Waals surface area contributed by atoms with Crippen molar-refractivity contribution < 1.29 is 0 Å². The second kappa shape index (κ2) is 8.17. The molecule has 1 aromatic heterocycles. The Labute approximate surface area is 117 Å². The largest absolute Gasteiger partial charge is 0.369 e. The molecule has 0 saturated heterocycles. The Balaban J connectivity index is 2.68. The van der Waals surface area contributed by atoms with E-state index in [4.69, 9.17) is 16.9 Å². The van der Waals surface area contributed by atoms with Crippen LogP contribution in [0.5, 0.6) is 0 Å². The van der Waals surface area contributed by atoms with Gasteiger partial charge in [-0.2, -0.15) is 5.26 Å². The van der Waals surface area contributed by atoms with Gasteiger partial charge in [0.2, 0.25) is 0 Å². The van der Waals surface area contributed by atoms with Crippen LogP contribution in [0.2, 0.25) is 5.15 Å². The number of thioether (sulfide) groups is 1. The van der Waals surface area contributed by atoms with Gasteiger partial charge in [-0.25, -0.2) is 9.97 Å². The average molecular weight is 285 g/mol. The predicted molar refractivity (Wildman–Crippen MR) is 76.2 cm³/mol. The third kappa shape index (κ3) is 4.35. The van der Waals surface area contributed by atoms with Crippen LogP contribution in [-0.4, -0.2) is 22.8 Å². The van der Waals surface area contributed by atoms with Crippen molar-refractivity contribution in [1.29, 1.82) is 5.26 Å². The maximum atomic E-state index is 9.04. The number of anilines is 1. The monoisotopic (exact) mass is 284 g/mol. The summed E-state index contributed by atoms with van der Waals surface area (Å²) in [4.78, 5) is 8.31. The summed E-state index contributed by atoms with van der Waals surface area (Å²) in [5.74, 6) is 0.540. The lowest BCUT2D eigenvalue weighted by molar-refractivity contribution is 0.683. The van der Waals surface area contributed by atoms with Gasteiger partial charge in [0.15, 0.2) is 10.3 Å². The zero-order valence-electron chi connectivity index (χ0n) is 10.7. The Hall–Kier alpha value is -0.990. The second-order valence-electron chi connectivity index (χ2n) is 3.82. The summed E-state index contributed by atoms with van der Waals surface area (Å²) in [7, 11) is 0. The molecule has 0 unspecified atom stereocenters. The van der Waals surface area contributed by atoms with Crippen molar-refractivity contribution in [2.75, 3.05) is 18.1 Å². The van der Waals surface area contributed by atoms with Crippen molar-refractivity contribution in [1.82, 2.24) is 9.97 Å². The molecule has 0 radical (unpaired) electrons. The molecule has 0 aliphatic rings. The first-order chi connectivity index (χ1) is 8.72. The van der Waals surface area contributed by atoms with Gasteiger partial charge < -0.3 is 5.32 Å². The predicted octanol–water partition coefficient (Wildman–Crippen LogP) is 3.72. The summed E-state index contributed by atoms with van der Waals surface area (Å²) in [6, 6.07) is 2.04. The van der Waals surface area contributed by atoms with Gasteiger partial charge in [-0.05, 0) is 12.7 Å². The third-order valence-corrected chi connectivity index (χ3v) is 3.28. The number of nitrogens with one attached hydrogen (secondary N) is 1. The highest BCUT2D eigenvalue weighted by molar-refractivity contribution is 7.98. The quantitative estimate of drug-likeness (QED) is 0.358. The van der Waals surface area contributed by atoms with E-state index in [9.17, 15) is 0 Å². The normalized spacial score (nSPS) is 10.1. The molecule has 0 amide bonds. The van der Waals surface area contributed by atoms with Gasteiger partial charge >= 0.3 is 0 Å². The standard InChI is InChI=1S/C12H17ClN4S/c1-3-4-5-6-7-15-11-9(8-14)10(13)16-12(17-11)18-2/h3-7H2,1-2H3,(H,15,16,17). The minimum atomic E-state index is 0.216. The summed E-state index contributed by atoms with van der Waals surface area (Å²) < 4.78 is 0. The van der Waals surface area contributed by atoms with Crippen molar-refractivity contribution in [3.8, 4) is 6.07 Å². The number of hydrogen-bond acceptors (Lipinski definition) is 5. The molecule has 98 valence electrons. The van der Waals surface area contributed by atoms with E-state index in [2.05, 4.69) is 22.2 Å². The summed E-state index contributed by atoms with van der Waals surface area (Å²) in [6.45, 7) is 2.98. The summed E-state index contributed by atoms with van der Waals surface area (Å²) >= 11 is 7.36. The molecule has 0 bridgehead atoms. The highest BCUT2D eigenvalue weighted by atomic mass is 35.5. The van der Waals surface area contributed by atoms with E-state index < -0.39 is 0 Å². The van der Waals surface area contributed by atoms with Crippen LogP contribution in [0.4, 0.5) is 5.82 Å². The number of unbranched alkanes of at least 4 members (excludes halogenated alkanes) is 3. The lowest BCUT2D eigenvalue weighted by Crippen LogP contribution is -2.07. The molecule has 0 spiro atoms. The van der Waals surface area contributed by atoms with Crippen LogP contribution in [0.1, 0.15) is 38.2 Å². The van der Waals surface area contributed by atoms with Gasteiger partial charge in [0.05, 0.1) is 0 Å². The first kappa shape index (κ1) is 15.1. The Morgan fingerprint density at radius 2 is 2.11 bits per heavy atom. The lowest BCUT2D eigenvalue weighted by Gasteiger charge is -2.09. The number of hydrogen-bond donors (Lipinski definition) is 1. The molecule has 1 rings (SSSR count). The molecule has 0 aliphatic heterocycles. The van der Waals surface area contributed by atoms with Crippen LogP contribution in [0.15, 0.2) is 5.16 Å². The van der Waals surface area contributed by atoms with E-state index in [1.165, 1.54) is 31.0 Å². The number of halogens is 1. The molecule has 6 heteroatoms. The van der Waals surface area contributed by atoms with Gasteiger partial charge in [-0.3, -0.25) is 0 Å². The molecular formula is C12H17ClN4S. The first-order valence-electron chi connectivity index (χ1n) is 5.98. The van der Waals surface area contributed by atoms with Gasteiger partial charge in [0.1, 0.15) is 17.5 Å². The maximum Gasteiger partial charge on any atom is 0.190 e. The van der Waals surface area contributed by atoms with Crippen LogP contribution in [-0.2, 0) is 0 Å². The first-order valence-corrected chi connectivity index (χ1v) is 7.58. The van der Waals surface area contributed by atoms with Crippen molar-refractivity contribution in [2.45, 2.75) is 37.8 Å². The smallest absolute Gasteiger partial charge is 0.190 e. The molecule has 4 nitrogen and oxygen atoms in total. The van der Waals surface area contributed by atoms with Gasteiger partial charge in [0.25, 0.3) is 0 Å². The molecule has 1 heterocycles. The summed E-state index contributed by atoms with van der Waals surface area (Å²) in [6.07, 6.45) is 6.56. The summed E-state index contributed by atoms with van der Waals surface area (Å²) in [5, 5.41) is 13.0. The SMILES string of the molecule is CCCCCCNc1nc(SC)nc(Cl)c1C#N. The van der Waals surface area contributed by atoms with E-state index in [0.717, 1.165) is 13.0 Å². The molecule has 0 atom stereocenters. The minimum absolute atomic E-state index is 0.216. The van der Waals surface area contributed by atoms with E-state index in [-0.39, 0.29) is 5.15 Å². The number of aromatic nitrogens is 2. The van der Waals surface area contributed by atoms with Crippen LogP contribution >= 0.6 is 23.4 Å². The second-order valence-corrected chi connectivity index (χ2v) is 4.96. The molecule has 0 aromatic carbocycles. The van der Waals surface area contributed by atoms with Crippen LogP contribution in [0.3, 0.4) is 0 Å². The molecular weight excluding hydrogens is 268 g/mol. The fraction of sp³-hybridized carbons (Fsp3) is 0.583. The number of rotatable bonds is 7. The fourth-order valence-corrected chi connectivity index (χ4v) is 2.12. The fourth-order valence-electron chi connectivity index (χ4n) is 1.49. The molecule has 0 saturated carbocycles. The minimum Gasteiger partial charge on any atom is -0.369 e. The van der Waals surface area contributed by atoms with Gasteiger partial charge in [0, 0.05) is 6.54 Å². The Morgan fingerprint density at radius 3 is 2.72 bits per heavy atom. The number of nitriles is 1. The third-order valence-electron chi connectivity index (χ3n) is 2.46. The average Bonchev–Trinajstić information content (AvgIpc) is 2.38. The summed E-state index contributed by atoms with van der Waals surface area (Å²) in [5.41, 5.74) is 0.324. The molecule has 0 fully saturated rings. The zero-order valence-corrected chi connectivity index (χ0v) is 12.2. The molecule has 18 heavy (non-hydrogen) atoms.